The highest BCUT2D eigenvalue weighted by molar-refractivity contribution is 6.30. The van der Waals surface area contributed by atoms with Crippen LogP contribution >= 0.6 is 0 Å². The van der Waals surface area contributed by atoms with Crippen LogP contribution in [0.15, 0.2) is 18.2 Å². The van der Waals surface area contributed by atoms with Gasteiger partial charge in [-0.25, -0.2) is 4.79 Å². The van der Waals surface area contributed by atoms with Gasteiger partial charge in [-0.05, 0) is 24.6 Å². The molecule has 3 N–H and O–H groups in total. The number of carboxylic acids is 1. The molecule has 0 aromatic heterocycles. The molecule has 0 bridgehead atoms. The number of rotatable bonds is 2. The number of phenols is 2. The van der Waals surface area contributed by atoms with E-state index in [1.54, 1.807) is 0 Å². The van der Waals surface area contributed by atoms with Crippen molar-refractivity contribution in [2.75, 3.05) is 7.11 Å². The molecule has 0 aliphatic heterocycles. The van der Waals surface area contributed by atoms with Crippen molar-refractivity contribution in [1.82, 2.24) is 0 Å². The van der Waals surface area contributed by atoms with Crippen molar-refractivity contribution < 1.29 is 34.4 Å². The fourth-order valence-corrected chi connectivity index (χ4v) is 2.95. The first-order valence-corrected chi connectivity index (χ1v) is 6.88. The minimum absolute atomic E-state index is 0.0308. The molecule has 0 radical (unpaired) electrons. The van der Waals surface area contributed by atoms with Crippen LogP contribution in [0.2, 0.25) is 0 Å². The monoisotopic (exact) mass is 328 g/mol. The molecule has 2 aromatic rings. The number of hydrogen-bond donors (Lipinski definition) is 3. The third kappa shape index (κ3) is 1.95. The Morgan fingerprint density at radius 1 is 0.958 bits per heavy atom. The topological polar surface area (TPSA) is 121 Å². The van der Waals surface area contributed by atoms with E-state index in [0.717, 1.165) is 6.07 Å². The van der Waals surface area contributed by atoms with Crippen molar-refractivity contribution >= 4 is 17.5 Å². The van der Waals surface area contributed by atoms with Crippen molar-refractivity contribution in [2.24, 2.45) is 0 Å². The van der Waals surface area contributed by atoms with Gasteiger partial charge in [0.05, 0.1) is 12.7 Å². The van der Waals surface area contributed by atoms with E-state index in [-0.39, 0.29) is 33.6 Å². The third-order valence-electron chi connectivity index (χ3n) is 4.04. The number of ketones is 2. The molecule has 7 nitrogen and oxygen atoms in total. The van der Waals surface area contributed by atoms with Crippen LogP contribution in [-0.4, -0.2) is 40.0 Å². The van der Waals surface area contributed by atoms with Gasteiger partial charge in [0.15, 0.2) is 11.6 Å². The average Bonchev–Trinajstić information content (AvgIpc) is 2.50. The number of carbonyl (C=O) groups excluding carboxylic acids is 2. The Kier molecular flexibility index (Phi) is 3.30. The molecule has 0 amide bonds. The van der Waals surface area contributed by atoms with Crippen molar-refractivity contribution in [1.29, 1.82) is 0 Å². The van der Waals surface area contributed by atoms with Gasteiger partial charge in [-0.15, -0.1) is 0 Å². The van der Waals surface area contributed by atoms with Gasteiger partial charge >= 0.3 is 5.97 Å². The summed E-state index contributed by atoms with van der Waals surface area (Å²) in [5.41, 5.74) is -1.00. The normalized spacial score (nSPS) is 12.6. The SMILES string of the molecule is COc1cc(O)c2c(c1)C(=O)c1cc(O)c(C(=O)O)c(C)c1C2=O. The first-order chi connectivity index (χ1) is 11.3. The van der Waals surface area contributed by atoms with E-state index in [1.165, 1.54) is 26.2 Å². The van der Waals surface area contributed by atoms with E-state index in [1.807, 2.05) is 0 Å². The largest absolute Gasteiger partial charge is 0.507 e. The number of aromatic hydroxyl groups is 2. The molecule has 0 atom stereocenters. The van der Waals surface area contributed by atoms with Crippen LogP contribution in [0.3, 0.4) is 0 Å². The Bertz CT molecular complexity index is 941. The number of fused-ring (bicyclic) bond motifs is 2. The Morgan fingerprint density at radius 2 is 1.58 bits per heavy atom. The highest BCUT2D eigenvalue weighted by Crippen LogP contribution is 2.39. The van der Waals surface area contributed by atoms with Gasteiger partial charge in [-0.2, -0.15) is 0 Å². The number of benzene rings is 2. The van der Waals surface area contributed by atoms with Crippen molar-refractivity contribution in [2.45, 2.75) is 6.92 Å². The Labute approximate surface area is 135 Å². The zero-order valence-corrected chi connectivity index (χ0v) is 12.7. The van der Waals surface area contributed by atoms with E-state index in [9.17, 15) is 29.7 Å². The number of carbonyl (C=O) groups is 3. The summed E-state index contributed by atoms with van der Waals surface area (Å²) in [6, 6.07) is 3.48. The van der Waals surface area contributed by atoms with Gasteiger partial charge in [-0.3, -0.25) is 9.59 Å². The Balaban J connectivity index is 2.38. The van der Waals surface area contributed by atoms with E-state index in [4.69, 9.17) is 4.74 Å². The molecular formula is C17H12O7. The number of hydrogen-bond acceptors (Lipinski definition) is 6. The lowest BCUT2D eigenvalue weighted by Crippen LogP contribution is -2.23. The molecule has 122 valence electrons. The molecule has 0 unspecified atom stereocenters. The summed E-state index contributed by atoms with van der Waals surface area (Å²) in [5, 5.41) is 29.2. The van der Waals surface area contributed by atoms with Crippen molar-refractivity contribution in [3.63, 3.8) is 0 Å². The van der Waals surface area contributed by atoms with Crippen molar-refractivity contribution in [3.05, 3.63) is 51.6 Å². The maximum atomic E-state index is 12.8. The molecule has 0 saturated carbocycles. The summed E-state index contributed by atoms with van der Waals surface area (Å²) in [4.78, 5) is 36.7. The lowest BCUT2D eigenvalue weighted by molar-refractivity contribution is 0.0692. The number of methoxy groups -OCH3 is 1. The summed E-state index contributed by atoms with van der Waals surface area (Å²) in [5.74, 6) is -3.55. The highest BCUT2D eigenvalue weighted by Gasteiger charge is 2.36. The summed E-state index contributed by atoms with van der Waals surface area (Å²) < 4.78 is 4.98. The van der Waals surface area contributed by atoms with Gasteiger partial charge in [0.1, 0.15) is 22.8 Å². The lowest BCUT2D eigenvalue weighted by atomic mass is 9.80. The lowest BCUT2D eigenvalue weighted by Gasteiger charge is -2.22. The molecule has 2 aromatic carbocycles. The van der Waals surface area contributed by atoms with E-state index < -0.39 is 34.6 Å². The smallest absolute Gasteiger partial charge is 0.339 e. The zero-order valence-electron chi connectivity index (χ0n) is 12.7. The van der Waals surface area contributed by atoms with Gasteiger partial charge in [-0.1, -0.05) is 0 Å². The minimum Gasteiger partial charge on any atom is -0.507 e. The number of phenolic OH excluding ortho intramolecular Hbond substituents is 1. The molecule has 0 fully saturated rings. The van der Waals surface area contributed by atoms with Crippen LogP contribution in [0, 0.1) is 6.92 Å². The second-order valence-electron chi connectivity index (χ2n) is 5.35. The Morgan fingerprint density at radius 3 is 2.17 bits per heavy atom. The second-order valence-corrected chi connectivity index (χ2v) is 5.35. The summed E-state index contributed by atoms with van der Waals surface area (Å²) in [6.07, 6.45) is 0. The average molecular weight is 328 g/mol. The third-order valence-corrected chi connectivity index (χ3v) is 4.04. The van der Waals surface area contributed by atoms with Gasteiger partial charge < -0.3 is 20.1 Å². The molecule has 7 heteroatoms. The van der Waals surface area contributed by atoms with Crippen LogP contribution in [-0.2, 0) is 0 Å². The van der Waals surface area contributed by atoms with Crippen LogP contribution in [0.4, 0.5) is 0 Å². The van der Waals surface area contributed by atoms with Crippen LogP contribution in [0.25, 0.3) is 0 Å². The van der Waals surface area contributed by atoms with Crippen LogP contribution in [0.1, 0.15) is 47.8 Å². The molecule has 1 aliphatic carbocycles. The fourth-order valence-electron chi connectivity index (χ4n) is 2.95. The standard InChI is InChI=1S/C17H12O7/c1-6-12-9(5-11(19)13(6)17(22)23)15(20)8-3-7(24-2)4-10(18)14(8)16(12)21/h3-5,18-19H,1-2H3,(H,22,23). The maximum absolute atomic E-state index is 12.8. The number of ether oxygens (including phenoxy) is 1. The van der Waals surface area contributed by atoms with E-state index in [2.05, 4.69) is 0 Å². The minimum atomic E-state index is -1.42. The molecular weight excluding hydrogens is 316 g/mol. The van der Waals surface area contributed by atoms with E-state index in [0.29, 0.717) is 0 Å². The number of aromatic carboxylic acids is 1. The number of carboxylic acid groups (broad SMARTS) is 1. The predicted molar refractivity (Wildman–Crippen MR) is 81.3 cm³/mol. The first-order valence-electron chi connectivity index (χ1n) is 6.88. The molecule has 0 saturated heterocycles. The second kappa shape index (κ2) is 5.09. The zero-order chi connectivity index (χ0) is 17.8. The molecule has 3 rings (SSSR count). The van der Waals surface area contributed by atoms with Crippen molar-refractivity contribution in [3.8, 4) is 17.2 Å². The fraction of sp³-hybridized carbons (Fsp3) is 0.118. The molecule has 24 heavy (non-hydrogen) atoms. The molecule has 1 aliphatic rings. The van der Waals surface area contributed by atoms with Crippen LogP contribution < -0.4 is 4.74 Å². The van der Waals surface area contributed by atoms with Gasteiger partial charge in [0, 0.05) is 22.8 Å². The quantitative estimate of drug-likeness (QED) is 0.656. The maximum Gasteiger partial charge on any atom is 0.339 e. The summed E-state index contributed by atoms with van der Waals surface area (Å²) >= 11 is 0. The highest BCUT2D eigenvalue weighted by atomic mass is 16.5. The molecule has 0 heterocycles. The predicted octanol–water partition coefficient (Wildman–Crippen LogP) is 1.89. The van der Waals surface area contributed by atoms with E-state index >= 15 is 0 Å². The summed E-state index contributed by atoms with van der Waals surface area (Å²) in [7, 11) is 1.35. The van der Waals surface area contributed by atoms with Crippen LogP contribution in [0.5, 0.6) is 17.2 Å². The Hall–Kier alpha value is -3.35. The summed E-state index contributed by atoms with van der Waals surface area (Å²) in [6.45, 7) is 1.33. The van der Waals surface area contributed by atoms with Gasteiger partial charge in [0.25, 0.3) is 0 Å². The first kappa shape index (κ1) is 15.5. The molecule has 0 spiro atoms. The van der Waals surface area contributed by atoms with Gasteiger partial charge in [0.2, 0.25) is 0 Å².